The topological polar surface area (TPSA) is 59.4 Å². The van der Waals surface area contributed by atoms with Gasteiger partial charge in [0.2, 0.25) is 11.8 Å². The molecular formula is C17H22N2O3. The molecule has 1 aliphatic rings. The zero-order valence-electron chi connectivity index (χ0n) is 13.6. The summed E-state index contributed by atoms with van der Waals surface area (Å²) in [4.78, 5) is 37.8. The van der Waals surface area contributed by atoms with Crippen molar-refractivity contribution in [3.8, 4) is 0 Å². The van der Waals surface area contributed by atoms with Crippen molar-refractivity contribution in [1.82, 2.24) is 9.47 Å². The second kappa shape index (κ2) is 5.55. The Kier molecular flexibility index (Phi) is 4.09. The molecule has 0 aromatic carbocycles. The quantitative estimate of drug-likeness (QED) is 0.476. The largest absolute Gasteiger partial charge is 0.345 e. The first-order valence-electron chi connectivity index (χ1n) is 7.34. The number of aromatic nitrogens is 1. The SMILES string of the molecule is C=CCn1c(C)cc(C(=O)CN2C(=O)CC(C)(C)C2=O)c1C. The molecule has 2 amide bonds. The Morgan fingerprint density at radius 2 is 2.00 bits per heavy atom. The number of Topliss-reactive ketones (excluding diaryl/α,β-unsaturated/α-hetero) is 1. The van der Waals surface area contributed by atoms with E-state index < -0.39 is 5.41 Å². The van der Waals surface area contributed by atoms with Gasteiger partial charge in [-0.25, -0.2) is 0 Å². The summed E-state index contributed by atoms with van der Waals surface area (Å²) in [5.41, 5.74) is 1.64. The van der Waals surface area contributed by atoms with Crippen LogP contribution in [0.4, 0.5) is 0 Å². The van der Waals surface area contributed by atoms with Gasteiger partial charge in [-0.3, -0.25) is 19.3 Å². The van der Waals surface area contributed by atoms with Crippen LogP contribution in [-0.2, 0) is 16.1 Å². The third-order valence-electron chi connectivity index (χ3n) is 4.21. The molecule has 1 aliphatic heterocycles. The van der Waals surface area contributed by atoms with E-state index >= 15 is 0 Å². The Balaban J connectivity index is 2.24. The highest BCUT2D eigenvalue weighted by molar-refractivity contribution is 6.10. The Morgan fingerprint density at radius 1 is 1.36 bits per heavy atom. The van der Waals surface area contributed by atoms with Gasteiger partial charge in [0.05, 0.1) is 12.0 Å². The summed E-state index contributed by atoms with van der Waals surface area (Å²) in [6, 6.07) is 1.80. The van der Waals surface area contributed by atoms with Crippen LogP contribution in [0, 0.1) is 19.3 Å². The molecule has 0 N–H and O–H groups in total. The number of carbonyl (C=O) groups is 3. The Morgan fingerprint density at radius 3 is 2.50 bits per heavy atom. The Bertz CT molecular complexity index is 668. The molecule has 0 saturated carbocycles. The minimum atomic E-state index is -0.711. The van der Waals surface area contributed by atoms with Crippen molar-refractivity contribution in [3.63, 3.8) is 0 Å². The lowest BCUT2D eigenvalue weighted by molar-refractivity contribution is -0.140. The van der Waals surface area contributed by atoms with Crippen LogP contribution in [0.2, 0.25) is 0 Å². The van der Waals surface area contributed by atoms with Gasteiger partial charge in [0.25, 0.3) is 0 Å². The third-order valence-corrected chi connectivity index (χ3v) is 4.21. The van der Waals surface area contributed by atoms with Crippen molar-refractivity contribution < 1.29 is 14.4 Å². The van der Waals surface area contributed by atoms with Gasteiger partial charge in [-0.05, 0) is 19.9 Å². The molecule has 0 spiro atoms. The highest BCUT2D eigenvalue weighted by Gasteiger charge is 2.45. The number of carbonyl (C=O) groups excluding carboxylic acids is 3. The predicted octanol–water partition coefficient (Wildman–Crippen LogP) is 2.26. The molecule has 1 saturated heterocycles. The number of hydrogen-bond acceptors (Lipinski definition) is 3. The van der Waals surface area contributed by atoms with Crippen LogP contribution in [0.25, 0.3) is 0 Å². The fourth-order valence-electron chi connectivity index (χ4n) is 2.91. The van der Waals surface area contributed by atoms with Gasteiger partial charge in [0, 0.05) is 29.9 Å². The van der Waals surface area contributed by atoms with E-state index in [1.165, 1.54) is 0 Å². The van der Waals surface area contributed by atoms with Crippen molar-refractivity contribution in [2.24, 2.45) is 5.41 Å². The van der Waals surface area contributed by atoms with E-state index in [4.69, 9.17) is 0 Å². The highest BCUT2D eigenvalue weighted by Crippen LogP contribution is 2.31. The molecule has 5 nitrogen and oxygen atoms in total. The molecule has 2 rings (SSSR count). The third kappa shape index (κ3) is 2.63. The number of aryl methyl sites for hydroxylation is 1. The lowest BCUT2D eigenvalue weighted by Gasteiger charge is -2.17. The molecule has 0 aliphatic carbocycles. The van der Waals surface area contributed by atoms with Crippen LogP contribution in [0.1, 0.15) is 42.0 Å². The monoisotopic (exact) mass is 302 g/mol. The molecule has 22 heavy (non-hydrogen) atoms. The van der Waals surface area contributed by atoms with Gasteiger partial charge in [-0.2, -0.15) is 0 Å². The van der Waals surface area contributed by atoms with E-state index in [-0.39, 0.29) is 30.6 Å². The summed E-state index contributed by atoms with van der Waals surface area (Å²) in [6.45, 7) is 11.4. The molecular weight excluding hydrogens is 280 g/mol. The van der Waals surface area contributed by atoms with Gasteiger partial charge >= 0.3 is 0 Å². The van der Waals surface area contributed by atoms with Crippen LogP contribution in [-0.4, -0.2) is 33.6 Å². The minimum absolute atomic E-state index is 0.161. The summed E-state index contributed by atoms with van der Waals surface area (Å²) in [6.07, 6.45) is 1.93. The van der Waals surface area contributed by atoms with Crippen LogP contribution >= 0.6 is 0 Å². The van der Waals surface area contributed by atoms with E-state index in [0.29, 0.717) is 12.1 Å². The number of allylic oxidation sites excluding steroid dienone is 1. The minimum Gasteiger partial charge on any atom is -0.345 e. The first-order valence-corrected chi connectivity index (χ1v) is 7.34. The summed E-state index contributed by atoms with van der Waals surface area (Å²) < 4.78 is 1.98. The van der Waals surface area contributed by atoms with E-state index in [0.717, 1.165) is 16.3 Å². The molecule has 0 unspecified atom stereocenters. The first-order chi connectivity index (χ1) is 10.2. The molecule has 118 valence electrons. The van der Waals surface area contributed by atoms with Crippen LogP contribution in [0.3, 0.4) is 0 Å². The smallest absolute Gasteiger partial charge is 0.235 e. The maximum absolute atomic E-state index is 12.5. The number of ketones is 1. The van der Waals surface area contributed by atoms with Gasteiger partial charge in [0.1, 0.15) is 0 Å². The average molecular weight is 302 g/mol. The molecule has 0 radical (unpaired) electrons. The summed E-state index contributed by atoms with van der Waals surface area (Å²) in [5, 5.41) is 0. The molecule has 0 atom stereocenters. The van der Waals surface area contributed by atoms with E-state index in [1.54, 1.807) is 26.0 Å². The number of nitrogens with zero attached hydrogens (tertiary/aromatic N) is 2. The average Bonchev–Trinajstić information content (AvgIpc) is 2.80. The van der Waals surface area contributed by atoms with Crippen LogP contribution in [0.15, 0.2) is 18.7 Å². The summed E-state index contributed by atoms with van der Waals surface area (Å²) >= 11 is 0. The molecule has 5 heteroatoms. The number of amides is 2. The van der Waals surface area contributed by atoms with Crippen molar-refractivity contribution >= 4 is 17.6 Å². The fourth-order valence-corrected chi connectivity index (χ4v) is 2.91. The molecule has 1 aromatic rings. The molecule has 1 fully saturated rings. The van der Waals surface area contributed by atoms with Crippen LogP contribution in [0.5, 0.6) is 0 Å². The number of rotatable bonds is 5. The first kappa shape index (κ1) is 16.2. The normalized spacial score (nSPS) is 17.2. The second-order valence-electron chi connectivity index (χ2n) is 6.45. The van der Waals surface area contributed by atoms with Crippen molar-refractivity contribution in [2.75, 3.05) is 6.54 Å². The lowest BCUT2D eigenvalue weighted by Crippen LogP contribution is -2.37. The van der Waals surface area contributed by atoms with Gasteiger partial charge in [-0.1, -0.05) is 19.9 Å². The van der Waals surface area contributed by atoms with E-state index in [1.807, 2.05) is 18.4 Å². The van der Waals surface area contributed by atoms with Gasteiger partial charge in [0.15, 0.2) is 5.78 Å². The second-order valence-corrected chi connectivity index (χ2v) is 6.45. The van der Waals surface area contributed by atoms with Gasteiger partial charge < -0.3 is 4.57 Å². The Labute approximate surface area is 130 Å². The summed E-state index contributed by atoms with van der Waals surface area (Å²) in [7, 11) is 0. The van der Waals surface area contributed by atoms with Crippen molar-refractivity contribution in [1.29, 1.82) is 0 Å². The number of likely N-dealkylation sites (tertiary alicyclic amines) is 1. The van der Waals surface area contributed by atoms with Crippen LogP contribution < -0.4 is 0 Å². The standard InChI is InChI=1S/C17H22N2O3/c1-6-7-18-11(2)8-13(12(18)3)14(20)10-19-15(21)9-17(4,5)16(19)22/h6,8H,1,7,9-10H2,2-5H3. The van der Waals surface area contributed by atoms with E-state index in [9.17, 15) is 14.4 Å². The molecule has 0 bridgehead atoms. The fraction of sp³-hybridized carbons (Fsp3) is 0.471. The number of imide groups is 1. The lowest BCUT2D eigenvalue weighted by atomic mass is 9.92. The molecule has 2 heterocycles. The Hall–Kier alpha value is -2.17. The number of hydrogen-bond donors (Lipinski definition) is 0. The van der Waals surface area contributed by atoms with E-state index in [2.05, 4.69) is 6.58 Å². The summed E-state index contributed by atoms with van der Waals surface area (Å²) in [5.74, 6) is -0.753. The maximum Gasteiger partial charge on any atom is 0.235 e. The zero-order valence-corrected chi connectivity index (χ0v) is 13.6. The van der Waals surface area contributed by atoms with Crippen molar-refractivity contribution in [2.45, 2.75) is 40.7 Å². The molecule has 1 aromatic heterocycles. The van der Waals surface area contributed by atoms with Gasteiger partial charge in [-0.15, -0.1) is 6.58 Å². The predicted molar refractivity (Wildman–Crippen MR) is 83.6 cm³/mol. The zero-order chi connectivity index (χ0) is 16.7. The van der Waals surface area contributed by atoms with Crippen molar-refractivity contribution in [3.05, 3.63) is 35.7 Å². The highest BCUT2D eigenvalue weighted by atomic mass is 16.2. The maximum atomic E-state index is 12.5.